The molecule has 2 atom stereocenters. The first-order valence-corrected chi connectivity index (χ1v) is 7.63. The van der Waals surface area contributed by atoms with Crippen LogP contribution in [-0.2, 0) is 9.59 Å². The van der Waals surface area contributed by atoms with Crippen molar-refractivity contribution in [1.29, 1.82) is 0 Å². The Morgan fingerprint density at radius 2 is 2.00 bits per heavy atom. The van der Waals surface area contributed by atoms with Gasteiger partial charge >= 0.3 is 11.8 Å². The van der Waals surface area contributed by atoms with Gasteiger partial charge < -0.3 is 15.7 Å². The van der Waals surface area contributed by atoms with E-state index in [9.17, 15) is 14.7 Å². The van der Waals surface area contributed by atoms with Crippen LogP contribution in [0.2, 0.25) is 5.02 Å². The first-order valence-electron chi connectivity index (χ1n) is 7.25. The molecule has 122 valence electrons. The third-order valence-corrected chi connectivity index (χ3v) is 4.32. The molecule has 0 saturated heterocycles. The minimum absolute atomic E-state index is 0.00627. The number of aryl methyl sites for hydroxylation is 1. The number of anilines is 1. The van der Waals surface area contributed by atoms with Crippen molar-refractivity contribution in [3.05, 3.63) is 28.8 Å². The highest BCUT2D eigenvalue weighted by Gasteiger charge is 2.28. The van der Waals surface area contributed by atoms with E-state index in [1.807, 2.05) is 20.8 Å². The summed E-state index contributed by atoms with van der Waals surface area (Å²) in [5, 5.41) is 15.6. The lowest BCUT2D eigenvalue weighted by Crippen LogP contribution is -2.47. The van der Waals surface area contributed by atoms with Crippen LogP contribution < -0.4 is 10.6 Å². The maximum absolute atomic E-state index is 11.8. The molecule has 2 amide bonds. The first kappa shape index (κ1) is 18.5. The number of carbonyl (C=O) groups excluding carboxylic acids is 2. The molecular weight excluding hydrogens is 304 g/mol. The van der Waals surface area contributed by atoms with E-state index >= 15 is 0 Å². The molecule has 0 fully saturated rings. The SMILES string of the molecule is CC[C@H](C)[C@@](C)(O)CNC(=O)C(=O)Nc1ccc(C)c(Cl)c1. The summed E-state index contributed by atoms with van der Waals surface area (Å²) in [5.41, 5.74) is 0.274. The van der Waals surface area contributed by atoms with Crippen LogP contribution in [0.4, 0.5) is 5.69 Å². The third-order valence-electron chi connectivity index (χ3n) is 3.92. The van der Waals surface area contributed by atoms with Crippen LogP contribution in [0.3, 0.4) is 0 Å². The number of amides is 2. The predicted octanol–water partition coefficient (Wildman–Crippen LogP) is 2.50. The molecule has 0 aliphatic rings. The van der Waals surface area contributed by atoms with E-state index in [1.165, 1.54) is 0 Å². The Morgan fingerprint density at radius 3 is 2.55 bits per heavy atom. The van der Waals surface area contributed by atoms with Gasteiger partial charge in [-0.1, -0.05) is 37.9 Å². The van der Waals surface area contributed by atoms with Crippen LogP contribution in [0.15, 0.2) is 18.2 Å². The van der Waals surface area contributed by atoms with Gasteiger partial charge in [-0.2, -0.15) is 0 Å². The van der Waals surface area contributed by atoms with E-state index in [0.717, 1.165) is 12.0 Å². The van der Waals surface area contributed by atoms with Crippen LogP contribution in [0.5, 0.6) is 0 Å². The van der Waals surface area contributed by atoms with Gasteiger partial charge in [0, 0.05) is 17.3 Å². The molecule has 0 aliphatic heterocycles. The molecule has 0 aliphatic carbocycles. The van der Waals surface area contributed by atoms with Crippen LogP contribution >= 0.6 is 11.6 Å². The first-order chi connectivity index (χ1) is 10.2. The zero-order chi connectivity index (χ0) is 16.9. The van der Waals surface area contributed by atoms with Gasteiger partial charge in [0.1, 0.15) is 0 Å². The maximum Gasteiger partial charge on any atom is 0.313 e. The molecule has 0 heterocycles. The summed E-state index contributed by atoms with van der Waals surface area (Å²) < 4.78 is 0. The number of hydrogen-bond donors (Lipinski definition) is 3. The fourth-order valence-electron chi connectivity index (χ4n) is 1.81. The molecule has 0 saturated carbocycles. The Kier molecular flexibility index (Phi) is 6.38. The second kappa shape index (κ2) is 7.61. The van der Waals surface area contributed by atoms with Crippen molar-refractivity contribution in [2.45, 2.75) is 39.7 Å². The molecule has 5 nitrogen and oxygen atoms in total. The molecular formula is C16H23ClN2O3. The van der Waals surface area contributed by atoms with Crippen LogP contribution in [0.25, 0.3) is 0 Å². The monoisotopic (exact) mass is 326 g/mol. The van der Waals surface area contributed by atoms with Crippen molar-refractivity contribution in [1.82, 2.24) is 5.32 Å². The molecule has 1 aromatic carbocycles. The highest BCUT2D eigenvalue weighted by molar-refractivity contribution is 6.39. The van der Waals surface area contributed by atoms with Gasteiger partial charge in [-0.15, -0.1) is 0 Å². The molecule has 0 unspecified atom stereocenters. The lowest BCUT2D eigenvalue weighted by molar-refractivity contribution is -0.137. The zero-order valence-corrected chi connectivity index (χ0v) is 14.1. The maximum atomic E-state index is 11.8. The van der Waals surface area contributed by atoms with Crippen molar-refractivity contribution < 1.29 is 14.7 Å². The highest BCUT2D eigenvalue weighted by Crippen LogP contribution is 2.20. The lowest BCUT2D eigenvalue weighted by Gasteiger charge is -2.29. The van der Waals surface area contributed by atoms with E-state index in [1.54, 1.807) is 25.1 Å². The topological polar surface area (TPSA) is 78.4 Å². The minimum atomic E-state index is -1.06. The molecule has 22 heavy (non-hydrogen) atoms. The number of carbonyl (C=O) groups is 2. The molecule has 0 aromatic heterocycles. The van der Waals surface area contributed by atoms with Gasteiger partial charge in [-0.25, -0.2) is 0 Å². The van der Waals surface area contributed by atoms with E-state index in [0.29, 0.717) is 10.7 Å². The zero-order valence-electron chi connectivity index (χ0n) is 13.4. The largest absolute Gasteiger partial charge is 0.388 e. The molecule has 0 bridgehead atoms. The Labute approximate surface area is 136 Å². The standard InChI is InChI=1S/C16H23ClN2O3/c1-5-11(3)16(4,22)9-18-14(20)15(21)19-12-7-6-10(2)13(17)8-12/h6-8,11,22H,5,9H2,1-4H3,(H,18,20)(H,19,21)/t11-,16-/m0/s1. The van der Waals surface area contributed by atoms with Gasteiger partial charge in [0.2, 0.25) is 0 Å². The van der Waals surface area contributed by atoms with Gasteiger partial charge in [-0.3, -0.25) is 9.59 Å². The third kappa shape index (κ3) is 5.00. The Morgan fingerprint density at radius 1 is 1.36 bits per heavy atom. The Balaban J connectivity index is 2.59. The van der Waals surface area contributed by atoms with Gasteiger partial charge in [-0.05, 0) is 37.5 Å². The van der Waals surface area contributed by atoms with Gasteiger partial charge in [0.05, 0.1) is 5.60 Å². The average molecular weight is 327 g/mol. The van der Waals surface area contributed by atoms with Crippen molar-refractivity contribution in [2.75, 3.05) is 11.9 Å². The van der Waals surface area contributed by atoms with Crippen molar-refractivity contribution >= 4 is 29.1 Å². The van der Waals surface area contributed by atoms with E-state index in [2.05, 4.69) is 10.6 Å². The molecule has 0 radical (unpaired) electrons. The van der Waals surface area contributed by atoms with Crippen LogP contribution in [0.1, 0.15) is 32.8 Å². The summed E-state index contributed by atoms with van der Waals surface area (Å²) >= 11 is 5.96. The molecule has 1 aromatic rings. The van der Waals surface area contributed by atoms with Gasteiger partial charge in [0.15, 0.2) is 0 Å². The van der Waals surface area contributed by atoms with E-state index < -0.39 is 17.4 Å². The Bertz CT molecular complexity index is 558. The van der Waals surface area contributed by atoms with E-state index in [4.69, 9.17) is 11.6 Å². The second-order valence-electron chi connectivity index (χ2n) is 5.77. The Hall–Kier alpha value is -1.59. The normalized spacial score (nSPS) is 14.8. The van der Waals surface area contributed by atoms with Gasteiger partial charge in [0.25, 0.3) is 0 Å². The summed E-state index contributed by atoms with van der Waals surface area (Å²) in [6, 6.07) is 5.00. The summed E-state index contributed by atoms with van der Waals surface area (Å²) in [7, 11) is 0. The number of hydrogen-bond acceptors (Lipinski definition) is 3. The van der Waals surface area contributed by atoms with Crippen molar-refractivity contribution in [3.8, 4) is 0 Å². The lowest BCUT2D eigenvalue weighted by atomic mass is 9.89. The molecule has 1 rings (SSSR count). The van der Waals surface area contributed by atoms with E-state index in [-0.39, 0.29) is 12.5 Å². The number of nitrogens with one attached hydrogen (secondary N) is 2. The van der Waals surface area contributed by atoms with Crippen LogP contribution in [0, 0.1) is 12.8 Å². The fraction of sp³-hybridized carbons (Fsp3) is 0.500. The minimum Gasteiger partial charge on any atom is -0.388 e. The average Bonchev–Trinajstić information content (AvgIpc) is 2.47. The fourth-order valence-corrected chi connectivity index (χ4v) is 1.99. The smallest absolute Gasteiger partial charge is 0.313 e. The number of aliphatic hydroxyl groups is 1. The number of benzene rings is 1. The van der Waals surface area contributed by atoms with Crippen molar-refractivity contribution in [2.24, 2.45) is 5.92 Å². The number of halogens is 1. The summed E-state index contributed by atoms with van der Waals surface area (Å²) in [4.78, 5) is 23.6. The highest BCUT2D eigenvalue weighted by atomic mass is 35.5. The predicted molar refractivity (Wildman–Crippen MR) is 87.9 cm³/mol. The van der Waals surface area contributed by atoms with Crippen molar-refractivity contribution in [3.63, 3.8) is 0 Å². The molecule has 6 heteroatoms. The summed E-state index contributed by atoms with van der Waals surface area (Å²) in [5.74, 6) is -1.58. The summed E-state index contributed by atoms with van der Waals surface area (Å²) in [6.07, 6.45) is 0.775. The second-order valence-corrected chi connectivity index (χ2v) is 6.17. The summed E-state index contributed by atoms with van der Waals surface area (Å²) in [6.45, 7) is 7.34. The molecule has 0 spiro atoms. The van der Waals surface area contributed by atoms with Crippen LogP contribution in [-0.4, -0.2) is 29.1 Å². The number of rotatable bonds is 5. The molecule has 3 N–H and O–H groups in total. The quantitative estimate of drug-likeness (QED) is 0.727.